The Bertz CT molecular complexity index is 1250. The number of carbonyl (C=O) groups excluding carboxylic acids is 2. The average Bonchev–Trinajstić information content (AvgIpc) is 3.34. The van der Waals surface area contributed by atoms with Gasteiger partial charge in [-0.05, 0) is 65.4 Å². The Morgan fingerprint density at radius 2 is 1.91 bits per heavy atom. The number of hydrogen-bond donors (Lipinski definition) is 1. The lowest BCUT2D eigenvalue weighted by molar-refractivity contribution is -0.113. The van der Waals surface area contributed by atoms with Crippen LogP contribution in [-0.2, 0) is 21.7 Å². The number of rotatable bonds is 0. The molecule has 1 spiro atoms. The quantitative estimate of drug-likeness (QED) is 0.569. The van der Waals surface area contributed by atoms with Crippen molar-refractivity contribution in [2.75, 3.05) is 19.6 Å². The molecule has 0 unspecified atom stereocenters. The summed E-state index contributed by atoms with van der Waals surface area (Å²) in [5.41, 5.74) is 4.46. The summed E-state index contributed by atoms with van der Waals surface area (Å²) in [7, 11) is 0. The van der Waals surface area contributed by atoms with Crippen LogP contribution in [0.25, 0.3) is 5.57 Å². The molecule has 0 aliphatic carbocycles. The Hall–Kier alpha value is -2.61. The number of amides is 2. The lowest BCUT2D eigenvalue weighted by atomic mass is 9.84. The number of ether oxygens (including phenoxy) is 1. The van der Waals surface area contributed by atoms with Crippen molar-refractivity contribution in [3.63, 3.8) is 0 Å². The predicted octanol–water partition coefficient (Wildman–Crippen LogP) is 4.34. The maximum atomic E-state index is 13.0. The first-order valence-electron chi connectivity index (χ1n) is 11.1. The molecule has 2 aromatic rings. The van der Waals surface area contributed by atoms with Crippen LogP contribution in [0.3, 0.4) is 0 Å². The minimum atomic E-state index is -0.233. The second kappa shape index (κ2) is 8.01. The summed E-state index contributed by atoms with van der Waals surface area (Å²) < 4.78 is 6.27. The van der Waals surface area contributed by atoms with Crippen molar-refractivity contribution in [1.82, 2.24) is 10.2 Å². The summed E-state index contributed by atoms with van der Waals surface area (Å²) in [6.45, 7) is 2.69. The van der Waals surface area contributed by atoms with Crippen molar-refractivity contribution in [2.24, 2.45) is 4.99 Å². The summed E-state index contributed by atoms with van der Waals surface area (Å²) in [4.78, 5) is 32.6. The third-order valence-corrected chi connectivity index (χ3v) is 8.32. The number of fused-ring (bicyclic) bond motifs is 3. The Labute approximate surface area is 201 Å². The molecular formula is C25H22ClN3O3S. The third-order valence-electron chi connectivity index (χ3n) is 6.92. The van der Waals surface area contributed by atoms with Crippen molar-refractivity contribution in [3.8, 4) is 0 Å². The first-order valence-corrected chi connectivity index (χ1v) is 12.3. The molecule has 6 nitrogen and oxygen atoms in total. The Balaban J connectivity index is 1.25. The van der Waals surface area contributed by atoms with Crippen molar-refractivity contribution in [3.05, 3.63) is 74.6 Å². The molecule has 1 saturated heterocycles. The maximum Gasteiger partial charge on any atom is 0.286 e. The van der Waals surface area contributed by atoms with Gasteiger partial charge in [-0.3, -0.25) is 9.59 Å². The van der Waals surface area contributed by atoms with E-state index in [0.29, 0.717) is 35.1 Å². The van der Waals surface area contributed by atoms with Crippen LogP contribution in [0.1, 0.15) is 46.3 Å². The molecule has 2 amide bonds. The number of nitrogens with zero attached hydrogens (tertiary/aromatic N) is 2. The first-order chi connectivity index (χ1) is 16.0. The highest BCUT2D eigenvalue weighted by Crippen LogP contribution is 2.45. The average molecular weight is 480 g/mol. The number of nitrogens with one attached hydrogen (secondary N) is 1. The molecule has 6 rings (SSSR count). The number of hydrogen-bond acceptors (Lipinski definition) is 5. The van der Waals surface area contributed by atoms with Crippen LogP contribution < -0.4 is 5.32 Å². The van der Waals surface area contributed by atoms with E-state index in [4.69, 9.17) is 16.3 Å². The minimum Gasteiger partial charge on any atom is -0.365 e. The highest BCUT2D eigenvalue weighted by molar-refractivity contribution is 8.18. The van der Waals surface area contributed by atoms with Crippen LogP contribution in [0.2, 0.25) is 5.02 Å². The fraction of sp³-hybridized carbons (Fsp3) is 0.320. The van der Waals surface area contributed by atoms with Gasteiger partial charge in [0.15, 0.2) is 5.17 Å². The van der Waals surface area contributed by atoms with E-state index < -0.39 is 0 Å². The van der Waals surface area contributed by atoms with Gasteiger partial charge in [0.25, 0.3) is 11.8 Å². The molecule has 168 valence electrons. The van der Waals surface area contributed by atoms with Crippen molar-refractivity contribution in [1.29, 1.82) is 0 Å². The van der Waals surface area contributed by atoms with Crippen LogP contribution in [-0.4, -0.2) is 41.5 Å². The summed E-state index contributed by atoms with van der Waals surface area (Å²) in [5.74, 6) is -0.402. The number of halogens is 1. The standard InChI is InChI=1S/C25H22ClN3O3S/c26-16-5-6-17-18(7-10-27-22(30)19(17)13-16)21-23(31)28-24(33-21)29-11-8-25(9-12-29)20-4-2-1-3-15(20)14-32-25/h1-6,13H,7-12,14H2,(H,27,30)/b21-18+. The zero-order valence-electron chi connectivity index (χ0n) is 17.9. The Morgan fingerprint density at radius 1 is 1.09 bits per heavy atom. The van der Waals surface area contributed by atoms with Gasteiger partial charge in [-0.1, -0.05) is 41.9 Å². The molecule has 0 bridgehead atoms. The van der Waals surface area contributed by atoms with Crippen molar-refractivity contribution >= 4 is 45.9 Å². The van der Waals surface area contributed by atoms with Crippen LogP contribution in [0, 0.1) is 0 Å². The van der Waals surface area contributed by atoms with E-state index in [1.165, 1.54) is 22.9 Å². The van der Waals surface area contributed by atoms with E-state index in [-0.39, 0.29) is 17.4 Å². The van der Waals surface area contributed by atoms with Gasteiger partial charge in [0.05, 0.1) is 17.1 Å². The largest absolute Gasteiger partial charge is 0.365 e. The molecule has 0 radical (unpaired) electrons. The number of amidine groups is 1. The second-order valence-electron chi connectivity index (χ2n) is 8.73. The molecule has 33 heavy (non-hydrogen) atoms. The number of piperidine rings is 1. The number of likely N-dealkylation sites (tertiary alicyclic amines) is 1. The number of aliphatic imine (C=N–C) groups is 1. The van der Waals surface area contributed by atoms with E-state index in [1.54, 1.807) is 12.1 Å². The van der Waals surface area contributed by atoms with E-state index in [9.17, 15) is 9.59 Å². The lowest BCUT2D eigenvalue weighted by Crippen LogP contribution is -2.44. The minimum absolute atomic E-state index is 0.169. The molecular weight excluding hydrogens is 458 g/mol. The van der Waals surface area contributed by atoms with Gasteiger partial charge in [-0.25, -0.2) is 0 Å². The molecule has 1 N–H and O–H groups in total. The van der Waals surface area contributed by atoms with E-state index in [2.05, 4.69) is 39.5 Å². The Kier molecular flexibility index (Phi) is 5.09. The van der Waals surface area contributed by atoms with Gasteiger partial charge >= 0.3 is 0 Å². The SMILES string of the molecule is O=C1N=C(N2CCC3(CC2)OCc2ccccc23)S/C1=C1\CCNC(=O)c2cc(Cl)ccc21. The number of thioether (sulfide) groups is 1. The molecule has 4 aliphatic heterocycles. The van der Waals surface area contributed by atoms with Crippen molar-refractivity contribution in [2.45, 2.75) is 31.5 Å². The van der Waals surface area contributed by atoms with E-state index >= 15 is 0 Å². The highest BCUT2D eigenvalue weighted by atomic mass is 35.5. The predicted molar refractivity (Wildman–Crippen MR) is 129 cm³/mol. The van der Waals surface area contributed by atoms with Gasteiger partial charge in [0.1, 0.15) is 0 Å². The monoisotopic (exact) mass is 479 g/mol. The summed E-state index contributed by atoms with van der Waals surface area (Å²) in [6.07, 6.45) is 2.30. The smallest absolute Gasteiger partial charge is 0.286 e. The molecule has 0 atom stereocenters. The third kappa shape index (κ3) is 3.50. The normalized spacial score (nSPS) is 23.8. The van der Waals surface area contributed by atoms with Crippen molar-refractivity contribution < 1.29 is 14.3 Å². The molecule has 8 heteroatoms. The zero-order chi connectivity index (χ0) is 22.6. The van der Waals surface area contributed by atoms with E-state index in [1.807, 2.05) is 6.07 Å². The molecule has 0 aromatic heterocycles. The van der Waals surface area contributed by atoms with E-state index in [0.717, 1.165) is 42.2 Å². The fourth-order valence-corrected chi connectivity index (χ4v) is 6.48. The maximum absolute atomic E-state index is 13.0. The zero-order valence-corrected chi connectivity index (χ0v) is 19.5. The fourth-order valence-electron chi connectivity index (χ4n) is 5.21. The lowest BCUT2D eigenvalue weighted by Gasteiger charge is -2.39. The van der Waals surface area contributed by atoms with Gasteiger partial charge in [-0.15, -0.1) is 0 Å². The Morgan fingerprint density at radius 3 is 2.76 bits per heavy atom. The molecule has 2 aromatic carbocycles. The van der Waals surface area contributed by atoms with Crippen LogP contribution in [0.5, 0.6) is 0 Å². The summed E-state index contributed by atoms with van der Waals surface area (Å²) in [6, 6.07) is 13.7. The number of benzene rings is 2. The van der Waals surface area contributed by atoms with Gasteiger partial charge in [0, 0.05) is 30.2 Å². The molecule has 4 heterocycles. The van der Waals surface area contributed by atoms with Gasteiger partial charge in [-0.2, -0.15) is 4.99 Å². The van der Waals surface area contributed by atoms with Gasteiger partial charge in [0.2, 0.25) is 0 Å². The molecule has 0 saturated carbocycles. The molecule has 4 aliphatic rings. The highest BCUT2D eigenvalue weighted by Gasteiger charge is 2.44. The summed E-state index contributed by atoms with van der Waals surface area (Å²) >= 11 is 7.55. The van der Waals surface area contributed by atoms with Crippen LogP contribution in [0.4, 0.5) is 0 Å². The topological polar surface area (TPSA) is 71.0 Å². The van der Waals surface area contributed by atoms with Crippen LogP contribution >= 0.6 is 23.4 Å². The first kappa shape index (κ1) is 21.0. The van der Waals surface area contributed by atoms with Crippen LogP contribution in [0.15, 0.2) is 52.4 Å². The van der Waals surface area contributed by atoms with Gasteiger partial charge < -0.3 is 15.0 Å². The summed E-state index contributed by atoms with van der Waals surface area (Å²) in [5, 5.41) is 4.13. The molecule has 1 fully saturated rings. The number of carbonyl (C=O) groups is 2. The second-order valence-corrected chi connectivity index (χ2v) is 10.1.